The van der Waals surface area contributed by atoms with Crippen molar-refractivity contribution in [3.8, 4) is 0 Å². The summed E-state index contributed by atoms with van der Waals surface area (Å²) in [6, 6.07) is 6.16. The second kappa shape index (κ2) is 4.69. The topological polar surface area (TPSA) is 51.2 Å². The van der Waals surface area contributed by atoms with Crippen LogP contribution in [0, 0.1) is 19.7 Å². The lowest BCUT2D eigenvalue weighted by Gasteiger charge is -2.17. The maximum Gasteiger partial charge on any atom is 0.129 e. The summed E-state index contributed by atoms with van der Waals surface area (Å²) in [4.78, 5) is 0. The highest BCUT2D eigenvalue weighted by atomic mass is 19.1. The van der Waals surface area contributed by atoms with Crippen molar-refractivity contribution in [2.24, 2.45) is 5.84 Å². The molecule has 1 heterocycles. The molecule has 0 fully saturated rings. The van der Waals surface area contributed by atoms with Gasteiger partial charge in [0.15, 0.2) is 0 Å². The van der Waals surface area contributed by atoms with Gasteiger partial charge in [0.05, 0.1) is 6.26 Å². The van der Waals surface area contributed by atoms with Crippen LogP contribution >= 0.6 is 0 Å². The largest absolute Gasteiger partial charge is 0.467 e. The highest BCUT2D eigenvalue weighted by molar-refractivity contribution is 5.36. The smallest absolute Gasteiger partial charge is 0.129 e. The molecule has 1 atom stereocenters. The van der Waals surface area contributed by atoms with Gasteiger partial charge in [0, 0.05) is 0 Å². The quantitative estimate of drug-likeness (QED) is 0.634. The van der Waals surface area contributed by atoms with Crippen LogP contribution in [-0.2, 0) is 0 Å². The first-order valence-electron chi connectivity index (χ1n) is 5.39. The number of hydrogen-bond acceptors (Lipinski definition) is 3. The van der Waals surface area contributed by atoms with Crippen molar-refractivity contribution >= 4 is 0 Å². The third kappa shape index (κ3) is 2.23. The Labute approximate surface area is 99.4 Å². The van der Waals surface area contributed by atoms with Gasteiger partial charge in [-0.2, -0.15) is 0 Å². The normalized spacial score (nSPS) is 12.7. The van der Waals surface area contributed by atoms with E-state index in [9.17, 15) is 4.39 Å². The third-order valence-corrected chi connectivity index (χ3v) is 2.88. The van der Waals surface area contributed by atoms with Gasteiger partial charge in [-0.1, -0.05) is 6.07 Å². The van der Waals surface area contributed by atoms with Gasteiger partial charge in [-0.25, -0.2) is 9.82 Å². The Hall–Kier alpha value is -1.65. The molecule has 3 nitrogen and oxygen atoms in total. The van der Waals surface area contributed by atoms with E-state index in [1.54, 1.807) is 12.3 Å². The Bertz CT molecular complexity index is 522. The van der Waals surface area contributed by atoms with Crippen LogP contribution in [0.1, 0.15) is 28.5 Å². The minimum Gasteiger partial charge on any atom is -0.467 e. The van der Waals surface area contributed by atoms with E-state index in [1.165, 1.54) is 12.1 Å². The van der Waals surface area contributed by atoms with Crippen molar-refractivity contribution < 1.29 is 8.81 Å². The van der Waals surface area contributed by atoms with Crippen LogP contribution in [0.25, 0.3) is 0 Å². The van der Waals surface area contributed by atoms with Crippen molar-refractivity contribution in [1.29, 1.82) is 0 Å². The molecule has 0 radical (unpaired) electrons. The molecular formula is C13H15FN2O. The Balaban J connectivity index is 2.49. The summed E-state index contributed by atoms with van der Waals surface area (Å²) in [7, 11) is 0. The molecule has 0 aliphatic rings. The standard InChI is InChI=1S/C13H15FN2O/c1-8-3-4-10(14)7-11(8)12(16-15)13-9(2)5-6-17-13/h3-7,12,16H,15H2,1-2H3. The lowest BCUT2D eigenvalue weighted by Crippen LogP contribution is -2.29. The van der Waals surface area contributed by atoms with Gasteiger partial charge in [-0.3, -0.25) is 5.84 Å². The molecule has 3 N–H and O–H groups in total. The second-order valence-corrected chi connectivity index (χ2v) is 4.07. The first kappa shape index (κ1) is 11.8. The summed E-state index contributed by atoms with van der Waals surface area (Å²) in [5, 5.41) is 0. The predicted octanol–water partition coefficient (Wildman–Crippen LogP) is 2.59. The highest BCUT2D eigenvalue weighted by Gasteiger charge is 2.20. The monoisotopic (exact) mass is 234 g/mol. The summed E-state index contributed by atoms with van der Waals surface area (Å²) in [5.41, 5.74) is 5.40. The summed E-state index contributed by atoms with van der Waals surface area (Å²) in [6.07, 6.45) is 1.60. The molecule has 0 aliphatic heterocycles. The number of furan rings is 1. The van der Waals surface area contributed by atoms with Gasteiger partial charge < -0.3 is 4.42 Å². The zero-order valence-electron chi connectivity index (χ0n) is 9.83. The molecular weight excluding hydrogens is 219 g/mol. The molecule has 0 aliphatic carbocycles. The number of halogens is 1. The SMILES string of the molecule is Cc1ccc(F)cc1C(NN)c1occc1C. The lowest BCUT2D eigenvalue weighted by atomic mass is 9.98. The fourth-order valence-corrected chi connectivity index (χ4v) is 1.91. The molecule has 1 unspecified atom stereocenters. The van der Waals surface area contributed by atoms with E-state index in [0.29, 0.717) is 5.76 Å². The predicted molar refractivity (Wildman–Crippen MR) is 63.7 cm³/mol. The summed E-state index contributed by atoms with van der Waals surface area (Å²) in [6.45, 7) is 3.84. The fraction of sp³-hybridized carbons (Fsp3) is 0.231. The van der Waals surface area contributed by atoms with E-state index in [0.717, 1.165) is 16.7 Å². The van der Waals surface area contributed by atoms with Crippen LogP contribution in [0.15, 0.2) is 34.9 Å². The molecule has 17 heavy (non-hydrogen) atoms. The highest BCUT2D eigenvalue weighted by Crippen LogP contribution is 2.27. The van der Waals surface area contributed by atoms with Crippen molar-refractivity contribution in [2.75, 3.05) is 0 Å². The summed E-state index contributed by atoms with van der Waals surface area (Å²) in [5.74, 6) is 5.98. The molecule has 0 saturated carbocycles. The van der Waals surface area contributed by atoms with E-state index >= 15 is 0 Å². The average molecular weight is 234 g/mol. The number of nitrogens with two attached hydrogens (primary N) is 1. The molecule has 0 bridgehead atoms. The van der Waals surface area contributed by atoms with Gasteiger partial charge in [-0.15, -0.1) is 0 Å². The van der Waals surface area contributed by atoms with Crippen LogP contribution in [0.5, 0.6) is 0 Å². The maximum atomic E-state index is 13.3. The third-order valence-electron chi connectivity index (χ3n) is 2.88. The molecule has 0 amide bonds. The van der Waals surface area contributed by atoms with Gasteiger partial charge in [0.25, 0.3) is 0 Å². The van der Waals surface area contributed by atoms with Crippen LogP contribution in [-0.4, -0.2) is 0 Å². The van der Waals surface area contributed by atoms with Crippen LogP contribution in [0.4, 0.5) is 4.39 Å². The molecule has 0 spiro atoms. The van der Waals surface area contributed by atoms with Crippen LogP contribution < -0.4 is 11.3 Å². The molecule has 2 rings (SSSR count). The van der Waals surface area contributed by atoms with Crippen molar-refractivity contribution in [1.82, 2.24) is 5.43 Å². The Morgan fingerprint density at radius 3 is 2.59 bits per heavy atom. The first-order valence-corrected chi connectivity index (χ1v) is 5.39. The average Bonchev–Trinajstić information content (AvgIpc) is 2.71. The number of benzene rings is 1. The maximum absolute atomic E-state index is 13.3. The molecule has 90 valence electrons. The fourth-order valence-electron chi connectivity index (χ4n) is 1.91. The zero-order valence-corrected chi connectivity index (χ0v) is 9.83. The Kier molecular flexibility index (Phi) is 3.26. The second-order valence-electron chi connectivity index (χ2n) is 4.07. The van der Waals surface area contributed by atoms with Crippen LogP contribution in [0.2, 0.25) is 0 Å². The van der Waals surface area contributed by atoms with Crippen molar-refractivity contribution in [3.63, 3.8) is 0 Å². The van der Waals surface area contributed by atoms with E-state index in [2.05, 4.69) is 5.43 Å². The zero-order chi connectivity index (χ0) is 12.4. The van der Waals surface area contributed by atoms with Gasteiger partial charge >= 0.3 is 0 Å². The minimum atomic E-state index is -0.333. The Morgan fingerprint density at radius 2 is 2.00 bits per heavy atom. The van der Waals surface area contributed by atoms with Gasteiger partial charge in [0.2, 0.25) is 0 Å². The summed E-state index contributed by atoms with van der Waals surface area (Å²) >= 11 is 0. The number of aryl methyl sites for hydroxylation is 2. The van der Waals surface area contributed by atoms with E-state index < -0.39 is 0 Å². The van der Waals surface area contributed by atoms with E-state index in [4.69, 9.17) is 10.3 Å². The molecule has 4 heteroatoms. The number of hydrazine groups is 1. The van der Waals surface area contributed by atoms with E-state index in [1.807, 2.05) is 19.9 Å². The van der Waals surface area contributed by atoms with Crippen molar-refractivity contribution in [2.45, 2.75) is 19.9 Å². The van der Waals surface area contributed by atoms with Crippen LogP contribution in [0.3, 0.4) is 0 Å². The molecule has 1 aromatic heterocycles. The number of hydrogen-bond donors (Lipinski definition) is 2. The lowest BCUT2D eigenvalue weighted by molar-refractivity contribution is 0.447. The van der Waals surface area contributed by atoms with Gasteiger partial charge in [0.1, 0.15) is 17.6 Å². The molecule has 0 saturated heterocycles. The molecule has 1 aromatic carbocycles. The Morgan fingerprint density at radius 1 is 1.24 bits per heavy atom. The van der Waals surface area contributed by atoms with E-state index in [-0.39, 0.29) is 11.9 Å². The van der Waals surface area contributed by atoms with Gasteiger partial charge in [-0.05, 0) is 48.7 Å². The first-order chi connectivity index (χ1) is 8.13. The van der Waals surface area contributed by atoms with Crippen molar-refractivity contribution in [3.05, 3.63) is 58.8 Å². The summed E-state index contributed by atoms with van der Waals surface area (Å²) < 4.78 is 18.7. The molecule has 2 aromatic rings. The minimum absolute atomic E-state index is 0.282. The number of rotatable bonds is 3. The number of nitrogens with one attached hydrogen (secondary N) is 1.